The second-order valence-electron chi connectivity index (χ2n) is 4.78. The van der Waals surface area contributed by atoms with Crippen molar-refractivity contribution < 1.29 is 13.2 Å². The van der Waals surface area contributed by atoms with Gasteiger partial charge >= 0.3 is 6.18 Å². The van der Waals surface area contributed by atoms with Crippen molar-refractivity contribution >= 4 is 11.4 Å². The fourth-order valence-electron chi connectivity index (χ4n) is 2.39. The van der Waals surface area contributed by atoms with Crippen LogP contribution in [-0.2, 0) is 6.18 Å². The van der Waals surface area contributed by atoms with Gasteiger partial charge in [0.2, 0.25) is 0 Å². The molecule has 2 N–H and O–H groups in total. The number of anilines is 2. The number of halogens is 3. The van der Waals surface area contributed by atoms with Gasteiger partial charge < -0.3 is 10.6 Å². The highest BCUT2D eigenvalue weighted by Crippen LogP contribution is 2.37. The average molecular weight is 258 g/mol. The monoisotopic (exact) mass is 258 g/mol. The van der Waals surface area contributed by atoms with Gasteiger partial charge in [0, 0.05) is 24.5 Å². The average Bonchev–Trinajstić information content (AvgIpc) is 2.76. The third-order valence-electron chi connectivity index (χ3n) is 3.57. The Balaban J connectivity index is 2.25. The fourth-order valence-corrected chi connectivity index (χ4v) is 2.39. The van der Waals surface area contributed by atoms with E-state index in [1.165, 1.54) is 6.07 Å². The van der Waals surface area contributed by atoms with Gasteiger partial charge in [-0.05, 0) is 30.5 Å². The molecule has 0 aromatic heterocycles. The first-order valence-corrected chi connectivity index (χ1v) is 6.13. The third kappa shape index (κ3) is 2.54. The van der Waals surface area contributed by atoms with E-state index >= 15 is 0 Å². The maximum Gasteiger partial charge on any atom is 0.418 e. The Labute approximate surface area is 105 Å². The highest BCUT2D eigenvalue weighted by atomic mass is 19.4. The summed E-state index contributed by atoms with van der Waals surface area (Å²) in [6.07, 6.45) is -2.27. The minimum atomic E-state index is -4.38. The second-order valence-corrected chi connectivity index (χ2v) is 4.78. The Morgan fingerprint density at radius 1 is 1.39 bits per heavy atom. The summed E-state index contributed by atoms with van der Waals surface area (Å²) in [7, 11) is 0. The Morgan fingerprint density at radius 2 is 2.11 bits per heavy atom. The number of rotatable bonds is 2. The summed E-state index contributed by atoms with van der Waals surface area (Å²) >= 11 is 0. The number of nitrogens with zero attached hydrogens (tertiary/aromatic N) is 1. The highest BCUT2D eigenvalue weighted by molar-refractivity contribution is 5.60. The summed E-state index contributed by atoms with van der Waals surface area (Å²) < 4.78 is 38.3. The van der Waals surface area contributed by atoms with Crippen LogP contribution < -0.4 is 10.6 Å². The van der Waals surface area contributed by atoms with Crippen LogP contribution in [-0.4, -0.2) is 13.1 Å². The first kappa shape index (κ1) is 13.1. The largest absolute Gasteiger partial charge is 0.418 e. The van der Waals surface area contributed by atoms with Crippen LogP contribution in [0, 0.1) is 5.92 Å². The molecule has 1 fully saturated rings. The first-order chi connectivity index (χ1) is 8.41. The van der Waals surface area contributed by atoms with Crippen molar-refractivity contribution in [1.29, 1.82) is 0 Å². The van der Waals surface area contributed by atoms with Gasteiger partial charge in [-0.1, -0.05) is 13.3 Å². The van der Waals surface area contributed by atoms with Crippen molar-refractivity contribution in [2.24, 2.45) is 5.92 Å². The molecule has 18 heavy (non-hydrogen) atoms. The summed E-state index contributed by atoms with van der Waals surface area (Å²) in [5.74, 6) is 0.580. The van der Waals surface area contributed by atoms with Crippen molar-refractivity contribution in [3.05, 3.63) is 23.8 Å². The summed E-state index contributed by atoms with van der Waals surface area (Å²) in [6, 6.07) is 4.17. The van der Waals surface area contributed by atoms with E-state index in [2.05, 4.69) is 6.92 Å². The van der Waals surface area contributed by atoms with Gasteiger partial charge in [-0.15, -0.1) is 0 Å². The van der Waals surface area contributed by atoms with E-state index in [-0.39, 0.29) is 5.69 Å². The zero-order valence-electron chi connectivity index (χ0n) is 10.3. The van der Waals surface area contributed by atoms with Crippen molar-refractivity contribution in [1.82, 2.24) is 0 Å². The van der Waals surface area contributed by atoms with Crippen LogP contribution in [0.3, 0.4) is 0 Å². The lowest BCUT2D eigenvalue weighted by atomic mass is 10.1. The van der Waals surface area contributed by atoms with Crippen molar-refractivity contribution in [3.63, 3.8) is 0 Å². The maximum atomic E-state index is 12.8. The molecule has 1 aliphatic heterocycles. The normalized spacial score (nSPS) is 20.4. The number of nitrogen functional groups attached to an aromatic ring is 1. The summed E-state index contributed by atoms with van der Waals surface area (Å²) in [5.41, 5.74) is 5.06. The van der Waals surface area contributed by atoms with Crippen molar-refractivity contribution in [2.45, 2.75) is 25.9 Å². The predicted molar refractivity (Wildman–Crippen MR) is 66.5 cm³/mol. The Morgan fingerprint density at radius 3 is 2.67 bits per heavy atom. The molecule has 1 atom stereocenters. The molecule has 0 amide bonds. The van der Waals surface area contributed by atoms with Gasteiger partial charge in [0.25, 0.3) is 0 Å². The van der Waals surface area contributed by atoms with E-state index in [9.17, 15) is 13.2 Å². The van der Waals surface area contributed by atoms with Crippen LogP contribution >= 0.6 is 0 Å². The molecule has 1 saturated heterocycles. The Kier molecular flexibility index (Phi) is 3.41. The lowest BCUT2D eigenvalue weighted by molar-refractivity contribution is -0.136. The molecule has 1 unspecified atom stereocenters. The number of alkyl halides is 3. The second kappa shape index (κ2) is 4.71. The molecule has 0 bridgehead atoms. The van der Waals surface area contributed by atoms with E-state index in [1.54, 1.807) is 6.07 Å². The molecule has 1 aromatic rings. The van der Waals surface area contributed by atoms with Gasteiger partial charge in [0.05, 0.1) is 5.56 Å². The summed E-state index contributed by atoms with van der Waals surface area (Å²) in [4.78, 5) is 2.00. The number of nitrogens with two attached hydrogens (primary N) is 1. The highest BCUT2D eigenvalue weighted by Gasteiger charge is 2.34. The van der Waals surface area contributed by atoms with E-state index in [1.807, 2.05) is 4.90 Å². The number of hydrogen-bond acceptors (Lipinski definition) is 2. The lowest BCUT2D eigenvalue weighted by Crippen LogP contribution is -2.20. The van der Waals surface area contributed by atoms with Crippen LogP contribution in [0.2, 0.25) is 0 Å². The van der Waals surface area contributed by atoms with E-state index in [0.29, 0.717) is 11.6 Å². The predicted octanol–water partition coefficient (Wildman–Crippen LogP) is 3.52. The van der Waals surface area contributed by atoms with Gasteiger partial charge in [0.1, 0.15) is 0 Å². The summed E-state index contributed by atoms with van der Waals surface area (Å²) in [5, 5.41) is 0. The fraction of sp³-hybridized carbons (Fsp3) is 0.538. The van der Waals surface area contributed by atoms with Crippen LogP contribution in [0.5, 0.6) is 0 Å². The maximum absolute atomic E-state index is 12.8. The lowest BCUT2D eigenvalue weighted by Gasteiger charge is -2.20. The van der Waals surface area contributed by atoms with Gasteiger partial charge in [-0.2, -0.15) is 13.2 Å². The molecule has 1 aliphatic rings. The molecule has 0 aliphatic carbocycles. The smallest absolute Gasteiger partial charge is 0.398 e. The van der Waals surface area contributed by atoms with Crippen LogP contribution in [0.25, 0.3) is 0 Å². The molecule has 1 heterocycles. The van der Waals surface area contributed by atoms with E-state index < -0.39 is 11.7 Å². The molecular weight excluding hydrogens is 241 g/mol. The molecule has 2 rings (SSSR count). The minimum Gasteiger partial charge on any atom is -0.398 e. The molecule has 0 spiro atoms. The zero-order valence-corrected chi connectivity index (χ0v) is 10.3. The van der Waals surface area contributed by atoms with E-state index in [0.717, 1.165) is 32.0 Å². The third-order valence-corrected chi connectivity index (χ3v) is 3.57. The molecule has 1 aromatic carbocycles. The Bertz CT molecular complexity index is 429. The zero-order chi connectivity index (χ0) is 13.3. The molecule has 100 valence electrons. The molecular formula is C13H17F3N2. The van der Waals surface area contributed by atoms with Crippen LogP contribution in [0.1, 0.15) is 25.3 Å². The summed E-state index contributed by atoms with van der Waals surface area (Å²) in [6.45, 7) is 3.76. The molecule has 2 nitrogen and oxygen atoms in total. The molecule has 5 heteroatoms. The standard InChI is InChI=1S/C13H17F3N2/c1-2-9-5-6-18(8-9)10-3-4-12(17)11(7-10)13(14,15)16/h3-4,7,9H,2,5-6,8,17H2,1H3. The van der Waals surface area contributed by atoms with Crippen LogP contribution in [0.4, 0.5) is 24.5 Å². The minimum absolute atomic E-state index is 0.211. The number of benzene rings is 1. The van der Waals surface area contributed by atoms with E-state index in [4.69, 9.17) is 5.73 Å². The quantitative estimate of drug-likeness (QED) is 0.822. The first-order valence-electron chi connectivity index (χ1n) is 6.13. The SMILES string of the molecule is CCC1CCN(c2ccc(N)c(C(F)(F)F)c2)C1. The molecule has 0 saturated carbocycles. The Hall–Kier alpha value is -1.39. The van der Waals surface area contributed by atoms with Gasteiger partial charge in [0.15, 0.2) is 0 Å². The van der Waals surface area contributed by atoms with Crippen molar-refractivity contribution in [2.75, 3.05) is 23.7 Å². The molecule has 0 radical (unpaired) electrons. The number of hydrogen-bond donors (Lipinski definition) is 1. The topological polar surface area (TPSA) is 29.3 Å². The van der Waals surface area contributed by atoms with Crippen molar-refractivity contribution in [3.8, 4) is 0 Å². The van der Waals surface area contributed by atoms with Crippen LogP contribution in [0.15, 0.2) is 18.2 Å². The van der Waals surface area contributed by atoms with Gasteiger partial charge in [-0.3, -0.25) is 0 Å². The van der Waals surface area contributed by atoms with Gasteiger partial charge in [-0.25, -0.2) is 0 Å².